The predicted molar refractivity (Wildman–Crippen MR) is 73.1 cm³/mol. The van der Waals surface area contributed by atoms with E-state index in [1.807, 2.05) is 6.92 Å². The number of thiol groups is 1. The summed E-state index contributed by atoms with van der Waals surface area (Å²) in [5, 5.41) is -0.216. The Kier molecular flexibility index (Phi) is 5.33. The van der Waals surface area contributed by atoms with E-state index in [1.165, 1.54) is 13.2 Å². The summed E-state index contributed by atoms with van der Waals surface area (Å²) in [5.41, 5.74) is 1.64. The molecule has 1 unspecified atom stereocenters. The van der Waals surface area contributed by atoms with Gasteiger partial charge in [-0.25, -0.2) is 4.39 Å². The maximum absolute atomic E-state index is 13.7. The second kappa shape index (κ2) is 6.31. The molecule has 5 heteroatoms. The molecule has 0 radical (unpaired) electrons. The van der Waals surface area contributed by atoms with E-state index in [4.69, 9.17) is 9.47 Å². The van der Waals surface area contributed by atoms with Gasteiger partial charge in [0.05, 0.1) is 30.2 Å². The molecule has 0 heterocycles. The lowest BCUT2D eigenvalue weighted by Crippen LogP contribution is -1.97. The molecule has 2 nitrogen and oxygen atoms in total. The molecule has 0 fully saturated rings. The van der Waals surface area contributed by atoms with Gasteiger partial charge in [-0.2, -0.15) is 12.6 Å². The normalized spacial score (nSPS) is 13.4. The van der Waals surface area contributed by atoms with Crippen molar-refractivity contribution in [3.8, 4) is 5.75 Å². The van der Waals surface area contributed by atoms with E-state index in [0.717, 1.165) is 11.1 Å². The van der Waals surface area contributed by atoms with Crippen molar-refractivity contribution in [3.63, 3.8) is 0 Å². The van der Waals surface area contributed by atoms with Crippen molar-refractivity contribution < 1.29 is 13.9 Å². The third-order valence-electron chi connectivity index (χ3n) is 2.28. The van der Waals surface area contributed by atoms with Crippen LogP contribution >= 0.6 is 28.6 Å². The van der Waals surface area contributed by atoms with Crippen LogP contribution in [0.5, 0.6) is 5.75 Å². The van der Waals surface area contributed by atoms with Crippen molar-refractivity contribution in [1.82, 2.24) is 0 Å². The van der Waals surface area contributed by atoms with Gasteiger partial charge in [0.2, 0.25) is 0 Å². The minimum absolute atomic E-state index is 0.197. The molecule has 0 aliphatic heterocycles. The second-order valence-corrected chi connectivity index (χ2v) is 4.89. The molecule has 1 atom stereocenters. The molecule has 0 bridgehead atoms. The van der Waals surface area contributed by atoms with E-state index >= 15 is 0 Å². The van der Waals surface area contributed by atoms with E-state index in [2.05, 4.69) is 28.6 Å². The summed E-state index contributed by atoms with van der Waals surface area (Å²) < 4.78 is 24.1. The van der Waals surface area contributed by atoms with Crippen LogP contribution in [0.3, 0.4) is 0 Å². The van der Waals surface area contributed by atoms with Crippen LogP contribution in [-0.4, -0.2) is 14.2 Å². The zero-order valence-corrected chi connectivity index (χ0v) is 12.3. The van der Waals surface area contributed by atoms with Gasteiger partial charge in [0.15, 0.2) is 11.6 Å². The highest BCUT2D eigenvalue weighted by Gasteiger charge is 2.15. The van der Waals surface area contributed by atoms with Crippen molar-refractivity contribution in [3.05, 3.63) is 39.8 Å². The molecule has 17 heavy (non-hydrogen) atoms. The lowest BCUT2D eigenvalue weighted by Gasteiger charge is -2.14. The molecular weight excluding hydrogens is 307 g/mol. The van der Waals surface area contributed by atoms with Crippen LogP contribution in [-0.2, 0) is 4.74 Å². The van der Waals surface area contributed by atoms with Gasteiger partial charge in [-0.15, -0.1) is 0 Å². The fourth-order valence-corrected chi connectivity index (χ4v) is 2.27. The van der Waals surface area contributed by atoms with Gasteiger partial charge in [-0.1, -0.05) is 0 Å². The number of halogens is 2. The highest BCUT2D eigenvalue weighted by Crippen LogP contribution is 2.35. The standard InChI is InChI=1S/C12H14BrFO2S/c1-7(6-15-2)12(17)8-4-9(13)11(16-3)10(14)5-8/h4-6,12,17H,1-3H3/b7-6+. The zero-order valence-electron chi connectivity index (χ0n) is 9.83. The van der Waals surface area contributed by atoms with Crippen molar-refractivity contribution in [2.24, 2.45) is 0 Å². The average Bonchev–Trinajstić information content (AvgIpc) is 2.27. The maximum Gasteiger partial charge on any atom is 0.168 e. The summed E-state index contributed by atoms with van der Waals surface area (Å²) in [6.45, 7) is 1.87. The number of methoxy groups -OCH3 is 2. The zero-order chi connectivity index (χ0) is 13.0. The molecule has 1 rings (SSSR count). The number of benzene rings is 1. The van der Waals surface area contributed by atoms with Gasteiger partial charge in [0.1, 0.15) is 0 Å². The molecule has 0 spiro atoms. The first-order chi connectivity index (χ1) is 8.01. The summed E-state index contributed by atoms with van der Waals surface area (Å²) in [6.07, 6.45) is 1.59. The summed E-state index contributed by atoms with van der Waals surface area (Å²) in [7, 11) is 2.99. The molecule has 1 aromatic carbocycles. The smallest absolute Gasteiger partial charge is 0.168 e. The molecule has 94 valence electrons. The molecule has 0 N–H and O–H groups in total. The first-order valence-electron chi connectivity index (χ1n) is 4.91. The Balaban J connectivity index is 3.12. The third kappa shape index (κ3) is 3.39. The van der Waals surface area contributed by atoms with Gasteiger partial charge < -0.3 is 9.47 Å². The van der Waals surface area contributed by atoms with E-state index < -0.39 is 5.82 Å². The fraction of sp³-hybridized carbons (Fsp3) is 0.333. The fourth-order valence-electron chi connectivity index (χ4n) is 1.45. The molecular formula is C12H14BrFO2S. The molecule has 0 saturated heterocycles. The Morgan fingerprint density at radius 2 is 2.12 bits per heavy atom. The minimum atomic E-state index is -0.416. The van der Waals surface area contributed by atoms with Gasteiger partial charge in [-0.3, -0.25) is 0 Å². The Morgan fingerprint density at radius 1 is 1.47 bits per heavy atom. The Bertz CT molecular complexity index is 412. The van der Waals surface area contributed by atoms with Gasteiger partial charge in [-0.05, 0) is 46.1 Å². The molecule has 0 aliphatic carbocycles. The number of rotatable bonds is 4. The van der Waals surface area contributed by atoms with Crippen LogP contribution in [0.1, 0.15) is 17.7 Å². The minimum Gasteiger partial charge on any atom is -0.504 e. The lowest BCUT2D eigenvalue weighted by atomic mass is 10.1. The first kappa shape index (κ1) is 14.4. The summed E-state index contributed by atoms with van der Waals surface area (Å²) in [4.78, 5) is 0. The van der Waals surface area contributed by atoms with Crippen molar-refractivity contribution in [1.29, 1.82) is 0 Å². The highest BCUT2D eigenvalue weighted by molar-refractivity contribution is 9.10. The van der Waals surface area contributed by atoms with Crippen LogP contribution in [0, 0.1) is 5.82 Å². The number of hydrogen-bond donors (Lipinski definition) is 1. The third-order valence-corrected chi connectivity index (χ3v) is 3.57. The first-order valence-corrected chi connectivity index (χ1v) is 6.22. The molecule has 0 saturated carbocycles. The Hall–Kier alpha value is -0.680. The maximum atomic E-state index is 13.7. The van der Waals surface area contributed by atoms with Crippen LogP contribution in [0.4, 0.5) is 4.39 Å². The number of hydrogen-bond acceptors (Lipinski definition) is 3. The Morgan fingerprint density at radius 3 is 2.59 bits per heavy atom. The van der Waals surface area contributed by atoms with Crippen molar-refractivity contribution in [2.45, 2.75) is 12.2 Å². The van der Waals surface area contributed by atoms with Crippen molar-refractivity contribution in [2.75, 3.05) is 14.2 Å². The quantitative estimate of drug-likeness (QED) is 0.664. The van der Waals surface area contributed by atoms with Crippen LogP contribution in [0.15, 0.2) is 28.4 Å². The predicted octanol–water partition coefficient (Wildman–Crippen LogP) is 4.12. The average molecular weight is 321 g/mol. The van der Waals surface area contributed by atoms with Crippen LogP contribution in [0.2, 0.25) is 0 Å². The second-order valence-electron chi connectivity index (χ2n) is 3.52. The van der Waals surface area contributed by atoms with Gasteiger partial charge in [0.25, 0.3) is 0 Å². The summed E-state index contributed by atoms with van der Waals surface area (Å²) in [6, 6.07) is 3.20. The lowest BCUT2D eigenvalue weighted by molar-refractivity contribution is 0.333. The summed E-state index contributed by atoms with van der Waals surface area (Å²) in [5.74, 6) is -0.219. The monoisotopic (exact) mass is 320 g/mol. The van der Waals surface area contributed by atoms with Crippen molar-refractivity contribution >= 4 is 28.6 Å². The van der Waals surface area contributed by atoms with E-state index in [1.54, 1.807) is 19.4 Å². The molecule has 0 aliphatic rings. The van der Waals surface area contributed by atoms with Crippen LogP contribution < -0.4 is 4.74 Å². The van der Waals surface area contributed by atoms with E-state index in [9.17, 15) is 4.39 Å². The Labute approximate surface area is 114 Å². The van der Waals surface area contributed by atoms with E-state index in [-0.39, 0.29) is 11.0 Å². The summed E-state index contributed by atoms with van der Waals surface area (Å²) >= 11 is 7.69. The van der Waals surface area contributed by atoms with E-state index in [0.29, 0.717) is 4.47 Å². The highest BCUT2D eigenvalue weighted by atomic mass is 79.9. The van der Waals surface area contributed by atoms with Gasteiger partial charge in [0, 0.05) is 0 Å². The van der Waals surface area contributed by atoms with Crippen LogP contribution in [0.25, 0.3) is 0 Å². The topological polar surface area (TPSA) is 18.5 Å². The molecule has 0 aromatic heterocycles. The SMILES string of the molecule is CO/C=C(\C)C(S)c1cc(F)c(OC)c(Br)c1. The largest absolute Gasteiger partial charge is 0.504 e. The molecule has 1 aromatic rings. The van der Waals surface area contributed by atoms with Gasteiger partial charge >= 0.3 is 0 Å². The number of ether oxygens (including phenoxy) is 2. The molecule has 0 amide bonds.